The average Bonchev–Trinajstić information content (AvgIpc) is 2.79. The lowest BCUT2D eigenvalue weighted by Gasteiger charge is -2.13. The number of esters is 1. The minimum absolute atomic E-state index is 0.00265. The molecule has 0 aliphatic rings. The van der Waals surface area contributed by atoms with Crippen LogP contribution in [-0.4, -0.2) is 50.6 Å². The van der Waals surface area contributed by atoms with Gasteiger partial charge in [-0.3, -0.25) is 30.6 Å². The molecule has 0 aliphatic carbocycles. The van der Waals surface area contributed by atoms with Crippen LogP contribution in [0.25, 0.3) is 0 Å². The lowest BCUT2D eigenvalue weighted by molar-refractivity contribution is -0.384. The number of hydrogen-bond acceptors (Lipinski definition) is 9. The molecule has 2 amide bonds. The molecule has 0 saturated heterocycles. The van der Waals surface area contributed by atoms with E-state index in [0.717, 1.165) is 12.1 Å². The fourth-order valence-electron chi connectivity index (χ4n) is 2.37. The number of amides is 2. The van der Waals surface area contributed by atoms with Crippen LogP contribution in [0.4, 0.5) is 5.69 Å². The summed E-state index contributed by atoms with van der Waals surface area (Å²) in [4.78, 5) is 46.2. The van der Waals surface area contributed by atoms with E-state index in [0.29, 0.717) is 5.75 Å². The van der Waals surface area contributed by atoms with Crippen LogP contribution < -0.4 is 25.1 Å². The maximum atomic E-state index is 12.3. The molecule has 12 nitrogen and oxygen atoms in total. The summed E-state index contributed by atoms with van der Waals surface area (Å²) in [5, 5.41) is 10.6. The normalized spacial score (nSPS) is 9.90. The second kappa shape index (κ2) is 10.4. The summed E-state index contributed by atoms with van der Waals surface area (Å²) in [6, 6.07) is 7.52. The summed E-state index contributed by atoms with van der Waals surface area (Å²) < 4.78 is 20.3. The van der Waals surface area contributed by atoms with E-state index < -0.39 is 29.3 Å². The third-order valence-corrected chi connectivity index (χ3v) is 3.92. The van der Waals surface area contributed by atoms with Crippen molar-refractivity contribution in [2.24, 2.45) is 0 Å². The van der Waals surface area contributed by atoms with Gasteiger partial charge < -0.3 is 18.9 Å². The number of rotatable bonds is 8. The van der Waals surface area contributed by atoms with Crippen molar-refractivity contribution in [2.45, 2.75) is 0 Å². The van der Waals surface area contributed by atoms with Crippen LogP contribution in [0, 0.1) is 10.1 Å². The number of methoxy groups -OCH3 is 3. The van der Waals surface area contributed by atoms with E-state index >= 15 is 0 Å². The Morgan fingerprint density at radius 3 is 2.03 bits per heavy atom. The molecule has 0 heterocycles. The molecule has 0 saturated carbocycles. The molecule has 164 valence electrons. The van der Waals surface area contributed by atoms with Gasteiger partial charge in [0.05, 0.1) is 26.3 Å². The van der Waals surface area contributed by atoms with Gasteiger partial charge in [-0.05, 0) is 12.1 Å². The third-order valence-electron chi connectivity index (χ3n) is 3.92. The maximum absolute atomic E-state index is 12.3. The van der Waals surface area contributed by atoms with E-state index in [1.165, 1.54) is 45.6 Å². The van der Waals surface area contributed by atoms with Crippen LogP contribution in [0.2, 0.25) is 0 Å². The minimum atomic E-state index is -0.866. The van der Waals surface area contributed by atoms with E-state index in [1.807, 2.05) is 0 Å². The number of nitro benzene ring substituents is 1. The molecule has 0 bridgehead atoms. The van der Waals surface area contributed by atoms with Gasteiger partial charge in [0.25, 0.3) is 17.5 Å². The van der Waals surface area contributed by atoms with Gasteiger partial charge in [0.2, 0.25) is 0 Å². The number of hydrazine groups is 1. The number of hydrogen-bond donors (Lipinski definition) is 2. The quantitative estimate of drug-likeness (QED) is 0.355. The lowest BCUT2D eigenvalue weighted by atomic mass is 10.1. The first kappa shape index (κ1) is 22.9. The second-order valence-corrected chi connectivity index (χ2v) is 5.79. The molecule has 0 fully saturated rings. The van der Waals surface area contributed by atoms with Crippen molar-refractivity contribution < 1.29 is 38.3 Å². The first-order valence-electron chi connectivity index (χ1n) is 8.61. The Morgan fingerprint density at radius 1 is 0.903 bits per heavy atom. The molecule has 2 aromatic rings. The van der Waals surface area contributed by atoms with E-state index in [-0.39, 0.29) is 28.3 Å². The van der Waals surface area contributed by atoms with Crippen LogP contribution in [-0.2, 0) is 9.53 Å². The molecule has 2 N–H and O–H groups in total. The standard InChI is InChI=1S/C19H19N3O9/c1-28-14-9-16(30-3)15(29-2)8-13(14)19(25)31-10-17(23)20-21-18(24)11-4-6-12(7-5-11)22(26)27/h4-9H,10H2,1-3H3,(H,20,23)(H,21,24). The minimum Gasteiger partial charge on any atom is -0.496 e. The van der Waals surface area contributed by atoms with Crippen LogP contribution >= 0.6 is 0 Å². The molecule has 0 atom stereocenters. The number of ether oxygens (including phenoxy) is 4. The van der Waals surface area contributed by atoms with Crippen LogP contribution in [0.3, 0.4) is 0 Å². The number of nitrogens with zero attached hydrogens (tertiary/aromatic N) is 1. The maximum Gasteiger partial charge on any atom is 0.342 e. The summed E-state index contributed by atoms with van der Waals surface area (Å²) in [5.41, 5.74) is 4.08. The Hall–Kier alpha value is -4.35. The summed E-state index contributed by atoms with van der Waals surface area (Å²) in [6.45, 7) is -0.698. The van der Waals surface area contributed by atoms with Gasteiger partial charge in [0.1, 0.15) is 11.3 Å². The third kappa shape index (κ3) is 5.82. The molecule has 0 spiro atoms. The van der Waals surface area contributed by atoms with Crippen molar-refractivity contribution >= 4 is 23.5 Å². The number of carbonyl (C=O) groups is 3. The molecular formula is C19H19N3O9. The molecule has 31 heavy (non-hydrogen) atoms. The SMILES string of the molecule is COc1cc(OC)c(C(=O)OCC(=O)NNC(=O)c2ccc([N+](=O)[O-])cc2)cc1OC. The zero-order valence-electron chi connectivity index (χ0n) is 16.8. The molecular weight excluding hydrogens is 414 g/mol. The Bertz CT molecular complexity index is 990. The van der Waals surface area contributed by atoms with Crippen LogP contribution in [0.15, 0.2) is 36.4 Å². The van der Waals surface area contributed by atoms with Crippen molar-refractivity contribution in [1.29, 1.82) is 0 Å². The Morgan fingerprint density at radius 2 is 1.48 bits per heavy atom. The van der Waals surface area contributed by atoms with Crippen molar-refractivity contribution in [3.8, 4) is 17.2 Å². The van der Waals surface area contributed by atoms with Gasteiger partial charge in [-0.15, -0.1) is 0 Å². The topological polar surface area (TPSA) is 155 Å². The van der Waals surface area contributed by atoms with E-state index in [4.69, 9.17) is 18.9 Å². The van der Waals surface area contributed by atoms with Crippen LogP contribution in [0.1, 0.15) is 20.7 Å². The van der Waals surface area contributed by atoms with Crippen molar-refractivity contribution in [2.75, 3.05) is 27.9 Å². The summed E-state index contributed by atoms with van der Waals surface area (Å²) in [6.07, 6.45) is 0. The molecule has 0 radical (unpaired) electrons. The van der Waals surface area contributed by atoms with Gasteiger partial charge in [-0.25, -0.2) is 4.79 Å². The zero-order chi connectivity index (χ0) is 23.0. The van der Waals surface area contributed by atoms with E-state index in [9.17, 15) is 24.5 Å². The van der Waals surface area contributed by atoms with Crippen molar-refractivity contribution in [3.05, 3.63) is 57.6 Å². The van der Waals surface area contributed by atoms with Crippen LogP contribution in [0.5, 0.6) is 17.2 Å². The Balaban J connectivity index is 1.93. The van der Waals surface area contributed by atoms with E-state index in [1.54, 1.807) is 0 Å². The molecule has 2 aromatic carbocycles. The van der Waals surface area contributed by atoms with E-state index in [2.05, 4.69) is 10.9 Å². The highest BCUT2D eigenvalue weighted by Gasteiger charge is 2.20. The average molecular weight is 433 g/mol. The highest BCUT2D eigenvalue weighted by Crippen LogP contribution is 2.34. The van der Waals surface area contributed by atoms with Gasteiger partial charge in [-0.1, -0.05) is 0 Å². The largest absolute Gasteiger partial charge is 0.496 e. The summed E-state index contributed by atoms with van der Waals surface area (Å²) >= 11 is 0. The van der Waals surface area contributed by atoms with Gasteiger partial charge in [0, 0.05) is 29.8 Å². The van der Waals surface area contributed by atoms with Crippen molar-refractivity contribution in [1.82, 2.24) is 10.9 Å². The first-order chi connectivity index (χ1) is 14.8. The number of benzene rings is 2. The number of nitrogens with one attached hydrogen (secondary N) is 2. The number of nitro groups is 1. The highest BCUT2D eigenvalue weighted by molar-refractivity contribution is 5.97. The second-order valence-electron chi connectivity index (χ2n) is 5.79. The molecule has 2 rings (SSSR count). The predicted molar refractivity (Wildman–Crippen MR) is 105 cm³/mol. The number of non-ortho nitro benzene ring substituents is 1. The van der Waals surface area contributed by atoms with Crippen molar-refractivity contribution in [3.63, 3.8) is 0 Å². The monoisotopic (exact) mass is 433 g/mol. The summed E-state index contributed by atoms with van der Waals surface area (Å²) in [5.74, 6) is -1.65. The highest BCUT2D eigenvalue weighted by atomic mass is 16.6. The molecule has 0 aliphatic heterocycles. The predicted octanol–water partition coefficient (Wildman–Crippen LogP) is 1.24. The molecule has 0 aromatic heterocycles. The van der Waals surface area contributed by atoms with Gasteiger partial charge in [-0.2, -0.15) is 0 Å². The fraction of sp³-hybridized carbons (Fsp3) is 0.211. The molecule has 12 heteroatoms. The smallest absolute Gasteiger partial charge is 0.342 e. The first-order valence-corrected chi connectivity index (χ1v) is 8.61. The Labute approximate surface area is 176 Å². The Kier molecular flexibility index (Phi) is 7.72. The number of carbonyl (C=O) groups excluding carboxylic acids is 3. The lowest BCUT2D eigenvalue weighted by Crippen LogP contribution is -2.43. The van der Waals surface area contributed by atoms with Gasteiger partial charge >= 0.3 is 5.97 Å². The zero-order valence-corrected chi connectivity index (χ0v) is 16.8. The molecule has 0 unspecified atom stereocenters. The summed E-state index contributed by atoms with van der Waals surface area (Å²) in [7, 11) is 4.16. The van der Waals surface area contributed by atoms with Gasteiger partial charge in [0.15, 0.2) is 18.1 Å². The fourth-order valence-corrected chi connectivity index (χ4v) is 2.37.